The van der Waals surface area contributed by atoms with Crippen molar-refractivity contribution in [3.63, 3.8) is 0 Å². The Balaban J connectivity index is 1.16. The molecule has 0 aliphatic carbocycles. The van der Waals surface area contributed by atoms with Gasteiger partial charge < -0.3 is 24.7 Å². The lowest BCUT2D eigenvalue weighted by molar-refractivity contribution is 0.0168. The summed E-state index contributed by atoms with van der Waals surface area (Å²) in [6, 6.07) is 16.9. The van der Waals surface area contributed by atoms with Crippen molar-refractivity contribution in [3.05, 3.63) is 66.0 Å². The minimum atomic E-state index is 0.295. The lowest BCUT2D eigenvalue weighted by Crippen LogP contribution is -2.37. The van der Waals surface area contributed by atoms with Gasteiger partial charge in [0, 0.05) is 39.9 Å². The monoisotopic (exact) mass is 435 g/mol. The van der Waals surface area contributed by atoms with E-state index in [1.54, 1.807) is 7.05 Å². The van der Waals surface area contributed by atoms with Crippen LogP contribution in [0.4, 0.5) is 0 Å². The fraction of sp³-hybridized carbons (Fsp3) is 0.440. The molecule has 2 heterocycles. The quantitative estimate of drug-likeness (QED) is 0.290. The summed E-state index contributed by atoms with van der Waals surface area (Å²) in [7, 11) is 1.79. The summed E-state index contributed by atoms with van der Waals surface area (Å²) in [5, 5.41) is 6.72. The fourth-order valence-electron chi connectivity index (χ4n) is 3.87. The normalized spacial score (nSPS) is 16.5. The third-order valence-corrected chi connectivity index (χ3v) is 5.67. The Labute approximate surface area is 189 Å². The number of hydrogen-bond acceptors (Lipinski definition) is 4. The molecular weight excluding hydrogens is 402 g/mol. The molecule has 3 aromatic rings. The largest absolute Gasteiger partial charge is 0.379 e. The minimum absolute atomic E-state index is 0.295. The van der Waals surface area contributed by atoms with Gasteiger partial charge in [0.15, 0.2) is 5.96 Å². The van der Waals surface area contributed by atoms with E-state index in [4.69, 9.17) is 9.47 Å². The average Bonchev–Trinajstić information content (AvgIpc) is 3.49. The van der Waals surface area contributed by atoms with Gasteiger partial charge in [-0.2, -0.15) is 0 Å². The van der Waals surface area contributed by atoms with Gasteiger partial charge >= 0.3 is 0 Å². The number of nitrogens with one attached hydrogen (secondary N) is 2. The minimum Gasteiger partial charge on any atom is -0.379 e. The van der Waals surface area contributed by atoms with Crippen LogP contribution in [0.3, 0.4) is 0 Å². The number of nitrogens with zero attached hydrogens (tertiary/aromatic N) is 3. The molecule has 0 saturated carbocycles. The van der Waals surface area contributed by atoms with Crippen LogP contribution in [0.1, 0.15) is 30.4 Å². The molecule has 7 heteroatoms. The maximum absolute atomic E-state index is 5.70. The van der Waals surface area contributed by atoms with E-state index < -0.39 is 0 Å². The SMILES string of the molecule is CN=C(NCCCOCC1CCCO1)NCc1ccc(Cn2cnc3ccccc32)cc1. The van der Waals surface area contributed by atoms with Crippen molar-refractivity contribution in [2.75, 3.05) is 33.4 Å². The van der Waals surface area contributed by atoms with E-state index in [1.807, 2.05) is 18.5 Å². The second kappa shape index (κ2) is 11.6. The number of rotatable bonds is 10. The Morgan fingerprint density at radius 2 is 2.00 bits per heavy atom. The molecule has 1 aliphatic rings. The smallest absolute Gasteiger partial charge is 0.191 e. The predicted molar refractivity (Wildman–Crippen MR) is 128 cm³/mol. The molecule has 2 aromatic carbocycles. The van der Waals surface area contributed by atoms with Crippen LogP contribution in [-0.4, -0.2) is 55.0 Å². The molecular formula is C25H33N5O2. The zero-order valence-corrected chi connectivity index (χ0v) is 18.8. The summed E-state index contributed by atoms with van der Waals surface area (Å²) in [5.74, 6) is 0.804. The maximum atomic E-state index is 5.70. The van der Waals surface area contributed by atoms with Crippen molar-refractivity contribution in [2.24, 2.45) is 4.99 Å². The molecule has 170 valence electrons. The number of benzene rings is 2. The molecule has 0 radical (unpaired) electrons. The number of aliphatic imine (C=N–C) groups is 1. The topological polar surface area (TPSA) is 72.7 Å². The van der Waals surface area contributed by atoms with Crippen molar-refractivity contribution < 1.29 is 9.47 Å². The Bertz CT molecular complexity index is 993. The van der Waals surface area contributed by atoms with Crippen molar-refractivity contribution >= 4 is 17.0 Å². The van der Waals surface area contributed by atoms with E-state index in [9.17, 15) is 0 Å². The van der Waals surface area contributed by atoms with Crippen LogP contribution in [0.5, 0.6) is 0 Å². The summed E-state index contributed by atoms with van der Waals surface area (Å²) >= 11 is 0. The Kier molecular flexibility index (Phi) is 8.11. The molecule has 1 unspecified atom stereocenters. The van der Waals surface area contributed by atoms with Gasteiger partial charge in [-0.05, 0) is 42.5 Å². The van der Waals surface area contributed by atoms with E-state index in [0.717, 1.165) is 69.1 Å². The highest BCUT2D eigenvalue weighted by Crippen LogP contribution is 2.15. The maximum Gasteiger partial charge on any atom is 0.191 e. The van der Waals surface area contributed by atoms with Crippen LogP contribution in [0, 0.1) is 0 Å². The predicted octanol–water partition coefficient (Wildman–Crippen LogP) is 3.34. The molecule has 1 aliphatic heterocycles. The Morgan fingerprint density at radius 3 is 2.81 bits per heavy atom. The molecule has 32 heavy (non-hydrogen) atoms. The zero-order valence-electron chi connectivity index (χ0n) is 18.8. The van der Waals surface area contributed by atoms with E-state index in [2.05, 4.69) is 61.6 Å². The van der Waals surface area contributed by atoms with E-state index in [0.29, 0.717) is 12.7 Å². The van der Waals surface area contributed by atoms with Gasteiger partial charge in [0.05, 0.1) is 30.1 Å². The lowest BCUT2D eigenvalue weighted by atomic mass is 10.1. The first-order valence-electron chi connectivity index (χ1n) is 11.4. The Morgan fingerprint density at radius 1 is 1.16 bits per heavy atom. The summed E-state index contributed by atoms with van der Waals surface area (Å²) in [5.41, 5.74) is 4.65. The van der Waals surface area contributed by atoms with Crippen LogP contribution in [0.25, 0.3) is 11.0 Å². The first-order valence-corrected chi connectivity index (χ1v) is 11.4. The van der Waals surface area contributed by atoms with Gasteiger partial charge in [0.1, 0.15) is 0 Å². The molecule has 1 saturated heterocycles. The molecule has 1 atom stereocenters. The van der Waals surface area contributed by atoms with Gasteiger partial charge in [-0.1, -0.05) is 36.4 Å². The highest BCUT2D eigenvalue weighted by Gasteiger charge is 2.14. The summed E-state index contributed by atoms with van der Waals surface area (Å²) in [4.78, 5) is 8.77. The summed E-state index contributed by atoms with van der Waals surface area (Å²) in [6.07, 6.45) is 5.41. The highest BCUT2D eigenvalue weighted by molar-refractivity contribution is 5.79. The second-order valence-electron chi connectivity index (χ2n) is 8.09. The number of fused-ring (bicyclic) bond motifs is 1. The fourth-order valence-corrected chi connectivity index (χ4v) is 3.87. The van der Waals surface area contributed by atoms with Crippen molar-refractivity contribution in [3.8, 4) is 0 Å². The van der Waals surface area contributed by atoms with Crippen LogP contribution in [-0.2, 0) is 22.6 Å². The number of aromatic nitrogens is 2. The first-order chi connectivity index (χ1) is 15.8. The standard InChI is InChI=1S/C25H33N5O2/c1-26-25(27-13-5-14-31-18-22-6-4-15-32-22)28-16-20-9-11-21(12-10-20)17-30-19-29-23-7-2-3-8-24(23)30/h2-3,7-12,19,22H,4-6,13-18H2,1H3,(H2,26,27,28). The van der Waals surface area contributed by atoms with E-state index in [-0.39, 0.29) is 0 Å². The molecule has 1 fully saturated rings. The van der Waals surface area contributed by atoms with E-state index >= 15 is 0 Å². The van der Waals surface area contributed by atoms with Crippen molar-refractivity contribution in [1.29, 1.82) is 0 Å². The Hall–Kier alpha value is -2.90. The third kappa shape index (κ3) is 6.31. The van der Waals surface area contributed by atoms with Gasteiger partial charge in [-0.15, -0.1) is 0 Å². The average molecular weight is 436 g/mol. The highest BCUT2D eigenvalue weighted by atomic mass is 16.5. The summed E-state index contributed by atoms with van der Waals surface area (Å²) < 4.78 is 13.4. The molecule has 7 nitrogen and oxygen atoms in total. The molecule has 1 aromatic heterocycles. The second-order valence-corrected chi connectivity index (χ2v) is 8.09. The van der Waals surface area contributed by atoms with Crippen LogP contribution in [0.2, 0.25) is 0 Å². The number of hydrogen-bond donors (Lipinski definition) is 2. The number of para-hydroxylation sites is 2. The molecule has 0 spiro atoms. The van der Waals surface area contributed by atoms with Gasteiger partial charge in [0.2, 0.25) is 0 Å². The molecule has 4 rings (SSSR count). The number of imidazole rings is 1. The first kappa shape index (κ1) is 22.3. The number of guanidine groups is 1. The third-order valence-electron chi connectivity index (χ3n) is 5.67. The molecule has 2 N–H and O–H groups in total. The number of ether oxygens (including phenoxy) is 2. The molecule has 0 bridgehead atoms. The van der Waals surface area contributed by atoms with Gasteiger partial charge in [-0.25, -0.2) is 4.98 Å². The zero-order chi connectivity index (χ0) is 22.0. The van der Waals surface area contributed by atoms with Gasteiger partial charge in [0.25, 0.3) is 0 Å². The van der Waals surface area contributed by atoms with E-state index in [1.165, 1.54) is 11.1 Å². The molecule has 0 amide bonds. The van der Waals surface area contributed by atoms with Crippen molar-refractivity contribution in [2.45, 2.75) is 38.5 Å². The van der Waals surface area contributed by atoms with Crippen LogP contribution in [0.15, 0.2) is 59.9 Å². The van der Waals surface area contributed by atoms with Crippen LogP contribution < -0.4 is 10.6 Å². The van der Waals surface area contributed by atoms with Gasteiger partial charge in [-0.3, -0.25) is 4.99 Å². The lowest BCUT2D eigenvalue weighted by Gasteiger charge is -2.13. The van der Waals surface area contributed by atoms with Crippen LogP contribution >= 0.6 is 0 Å². The summed E-state index contributed by atoms with van der Waals surface area (Å²) in [6.45, 7) is 4.68. The van der Waals surface area contributed by atoms with Crippen molar-refractivity contribution in [1.82, 2.24) is 20.2 Å².